The Kier molecular flexibility index (Phi) is 10.5. The second-order valence-electron chi connectivity index (χ2n) is 11.0. The molecule has 41 heavy (non-hydrogen) atoms. The molecule has 0 aromatic heterocycles. The summed E-state index contributed by atoms with van der Waals surface area (Å²) in [5.74, 6) is -0.897. The first kappa shape index (κ1) is 32.4. The average molecular weight is 619 g/mol. The molecule has 0 fully saturated rings. The summed E-state index contributed by atoms with van der Waals surface area (Å²) in [5, 5.41) is 3.72. The van der Waals surface area contributed by atoms with E-state index in [1.54, 1.807) is 55.5 Å². The minimum Gasteiger partial charge on any atom is -0.350 e. The quantitative estimate of drug-likeness (QED) is 0.280. The number of nitrogens with zero attached hydrogens (tertiary/aromatic N) is 2. The van der Waals surface area contributed by atoms with Crippen LogP contribution in [-0.2, 0) is 26.2 Å². The molecule has 3 rings (SSSR count). The molecule has 0 spiro atoms. The predicted molar refractivity (Wildman–Crippen MR) is 166 cm³/mol. The number of hydrogen-bond acceptors (Lipinski definition) is 4. The summed E-state index contributed by atoms with van der Waals surface area (Å²) in [7, 11) is -4.14. The van der Waals surface area contributed by atoms with Gasteiger partial charge < -0.3 is 10.2 Å². The molecule has 1 N–H and O–H groups in total. The lowest BCUT2D eigenvalue weighted by molar-refractivity contribution is -0.141. The number of aryl methyl sites for hydroxylation is 2. The fourth-order valence-corrected chi connectivity index (χ4v) is 6.23. The van der Waals surface area contributed by atoms with E-state index in [4.69, 9.17) is 23.2 Å². The molecule has 0 unspecified atom stereocenters. The zero-order valence-corrected chi connectivity index (χ0v) is 26.6. The third-order valence-electron chi connectivity index (χ3n) is 6.63. The van der Waals surface area contributed by atoms with Crippen molar-refractivity contribution < 1.29 is 18.0 Å². The molecule has 0 bridgehead atoms. The third kappa shape index (κ3) is 8.24. The van der Waals surface area contributed by atoms with Gasteiger partial charge in [-0.1, -0.05) is 60.5 Å². The van der Waals surface area contributed by atoms with Crippen LogP contribution in [0.5, 0.6) is 0 Å². The van der Waals surface area contributed by atoms with Gasteiger partial charge in [0, 0.05) is 22.1 Å². The highest BCUT2D eigenvalue weighted by Gasteiger charge is 2.35. The van der Waals surface area contributed by atoms with Crippen molar-refractivity contribution in [2.45, 2.75) is 71.0 Å². The Morgan fingerprint density at radius 3 is 2.15 bits per heavy atom. The third-order valence-corrected chi connectivity index (χ3v) is 9.00. The van der Waals surface area contributed by atoms with E-state index in [1.165, 1.54) is 17.0 Å². The van der Waals surface area contributed by atoms with Crippen LogP contribution >= 0.6 is 23.2 Å². The number of sulfonamides is 1. The Labute approximate surface area is 253 Å². The van der Waals surface area contributed by atoms with Crippen molar-refractivity contribution in [3.8, 4) is 0 Å². The molecular weight excluding hydrogens is 581 g/mol. The smallest absolute Gasteiger partial charge is 0.264 e. The number of nitrogens with one attached hydrogen (secondary N) is 1. The van der Waals surface area contributed by atoms with Gasteiger partial charge in [0.25, 0.3) is 10.0 Å². The molecule has 0 saturated heterocycles. The van der Waals surface area contributed by atoms with Gasteiger partial charge in [0.2, 0.25) is 11.8 Å². The molecule has 220 valence electrons. The minimum absolute atomic E-state index is 0.0168. The van der Waals surface area contributed by atoms with Crippen LogP contribution in [0, 0.1) is 13.8 Å². The molecule has 10 heteroatoms. The normalized spacial score (nSPS) is 12.5. The van der Waals surface area contributed by atoms with Gasteiger partial charge in [-0.05, 0) is 94.1 Å². The molecule has 1 atom stereocenters. The maximum absolute atomic E-state index is 14.2. The molecular formula is C31H37Cl2N3O4S. The molecule has 0 radical (unpaired) electrons. The lowest BCUT2D eigenvalue weighted by Gasteiger charge is -2.35. The maximum Gasteiger partial charge on any atom is 0.264 e. The Morgan fingerprint density at radius 2 is 1.59 bits per heavy atom. The highest BCUT2D eigenvalue weighted by Crippen LogP contribution is 2.28. The summed E-state index contributed by atoms with van der Waals surface area (Å²) in [4.78, 5) is 29.1. The number of anilines is 1. The van der Waals surface area contributed by atoms with Crippen LogP contribution in [0.3, 0.4) is 0 Å². The molecule has 0 aliphatic rings. The summed E-state index contributed by atoms with van der Waals surface area (Å²) in [6.45, 7) is 10.6. The number of amides is 2. The summed E-state index contributed by atoms with van der Waals surface area (Å²) in [5.41, 5.74) is 2.25. The number of rotatable bonds is 10. The number of hydrogen-bond donors (Lipinski definition) is 1. The van der Waals surface area contributed by atoms with E-state index in [2.05, 4.69) is 5.32 Å². The molecule has 7 nitrogen and oxygen atoms in total. The lowest BCUT2D eigenvalue weighted by atomic mass is 10.1. The van der Waals surface area contributed by atoms with Gasteiger partial charge in [-0.15, -0.1) is 0 Å². The highest BCUT2D eigenvalue weighted by atomic mass is 35.5. The van der Waals surface area contributed by atoms with Crippen LogP contribution in [0.4, 0.5) is 5.69 Å². The second kappa shape index (κ2) is 13.3. The number of benzene rings is 3. The van der Waals surface area contributed by atoms with Crippen LogP contribution in [0.2, 0.25) is 10.0 Å². The first-order valence-corrected chi connectivity index (χ1v) is 15.5. The van der Waals surface area contributed by atoms with Gasteiger partial charge in [0.1, 0.15) is 12.6 Å². The van der Waals surface area contributed by atoms with Crippen molar-refractivity contribution in [2.75, 3.05) is 10.8 Å². The van der Waals surface area contributed by atoms with Crippen molar-refractivity contribution in [1.82, 2.24) is 10.2 Å². The van der Waals surface area contributed by atoms with Crippen molar-refractivity contribution in [3.63, 3.8) is 0 Å². The first-order chi connectivity index (χ1) is 19.1. The monoisotopic (exact) mass is 617 g/mol. The summed E-state index contributed by atoms with van der Waals surface area (Å²) in [6.07, 6.45) is 0.300. The van der Waals surface area contributed by atoms with Crippen LogP contribution in [-0.4, -0.2) is 43.3 Å². The van der Waals surface area contributed by atoms with E-state index in [0.29, 0.717) is 27.7 Å². The summed E-state index contributed by atoms with van der Waals surface area (Å²) in [6, 6.07) is 17.2. The Morgan fingerprint density at radius 1 is 0.927 bits per heavy atom. The van der Waals surface area contributed by atoms with Crippen LogP contribution in [0.25, 0.3) is 0 Å². The second-order valence-corrected chi connectivity index (χ2v) is 13.7. The van der Waals surface area contributed by atoms with Crippen LogP contribution < -0.4 is 9.62 Å². The SMILES string of the molecule is CC[C@H](C(=O)NC(C)(C)C)N(Cc1ccc(Cl)cc1Cl)C(=O)CN(c1ccc(C)c(C)c1)S(=O)(=O)c1ccccc1. The standard InChI is InChI=1S/C31H37Cl2N3O4S/c1-7-28(30(38)34-31(4,5)6)35(19-23-14-15-24(32)18-27(23)33)29(37)20-36(25-16-13-21(2)22(3)17-25)41(39,40)26-11-9-8-10-12-26/h8-18,28H,7,19-20H2,1-6H3,(H,34,38)/t28-/m1/s1. The van der Waals surface area contributed by atoms with E-state index in [9.17, 15) is 18.0 Å². The van der Waals surface area contributed by atoms with Crippen molar-refractivity contribution >= 4 is 50.7 Å². The number of carbonyl (C=O) groups is 2. The molecule has 0 saturated carbocycles. The zero-order valence-electron chi connectivity index (χ0n) is 24.2. The van der Waals surface area contributed by atoms with Gasteiger partial charge >= 0.3 is 0 Å². The van der Waals surface area contributed by atoms with Crippen molar-refractivity contribution in [3.05, 3.63) is 93.5 Å². The van der Waals surface area contributed by atoms with Gasteiger partial charge in [-0.2, -0.15) is 0 Å². The molecule has 0 aliphatic heterocycles. The van der Waals surface area contributed by atoms with E-state index < -0.39 is 34.1 Å². The number of halogens is 2. The fraction of sp³-hybridized carbons (Fsp3) is 0.355. The minimum atomic E-state index is -4.14. The molecule has 3 aromatic carbocycles. The zero-order chi connectivity index (χ0) is 30.5. The van der Waals surface area contributed by atoms with Crippen LogP contribution in [0.15, 0.2) is 71.6 Å². The number of carbonyl (C=O) groups excluding carboxylic acids is 2. The van der Waals surface area contributed by atoms with Gasteiger partial charge in [-0.25, -0.2) is 8.42 Å². The fourth-order valence-electron chi connectivity index (χ4n) is 4.33. The molecule has 3 aromatic rings. The Hall–Kier alpha value is -3.07. The molecule has 0 aliphatic carbocycles. The summed E-state index contributed by atoms with van der Waals surface area (Å²) >= 11 is 12.6. The van der Waals surface area contributed by atoms with E-state index >= 15 is 0 Å². The average Bonchev–Trinajstić information content (AvgIpc) is 2.89. The molecule has 2 amide bonds. The van der Waals surface area contributed by atoms with E-state index in [0.717, 1.165) is 15.4 Å². The van der Waals surface area contributed by atoms with E-state index in [1.807, 2.05) is 40.7 Å². The van der Waals surface area contributed by atoms with Gasteiger partial charge in [-0.3, -0.25) is 13.9 Å². The van der Waals surface area contributed by atoms with E-state index in [-0.39, 0.29) is 17.3 Å². The Balaban J connectivity index is 2.11. The van der Waals surface area contributed by atoms with Crippen molar-refractivity contribution in [1.29, 1.82) is 0 Å². The van der Waals surface area contributed by atoms with Crippen molar-refractivity contribution in [2.24, 2.45) is 0 Å². The largest absolute Gasteiger partial charge is 0.350 e. The van der Waals surface area contributed by atoms with Gasteiger partial charge in [0.05, 0.1) is 10.6 Å². The molecule has 0 heterocycles. The predicted octanol–water partition coefficient (Wildman–Crippen LogP) is 6.53. The van der Waals surface area contributed by atoms with Crippen LogP contribution in [0.1, 0.15) is 50.8 Å². The highest BCUT2D eigenvalue weighted by molar-refractivity contribution is 7.92. The lowest BCUT2D eigenvalue weighted by Crippen LogP contribution is -2.55. The summed E-state index contributed by atoms with van der Waals surface area (Å²) < 4.78 is 29.0. The topological polar surface area (TPSA) is 86.8 Å². The van der Waals surface area contributed by atoms with Gasteiger partial charge in [0.15, 0.2) is 0 Å². The first-order valence-electron chi connectivity index (χ1n) is 13.3. The Bertz CT molecular complexity index is 1510. The maximum atomic E-state index is 14.2.